The molecule has 0 radical (unpaired) electrons. The van der Waals surface area contributed by atoms with Gasteiger partial charge in [0.2, 0.25) is 0 Å². The molecule has 1 heterocycles. The van der Waals surface area contributed by atoms with Crippen molar-refractivity contribution in [2.45, 2.75) is 0 Å². The zero-order chi connectivity index (χ0) is 10.1. The van der Waals surface area contributed by atoms with Gasteiger partial charge in [0.25, 0.3) is 0 Å². The molecular weight excluding hydrogens is 208 g/mol. The summed E-state index contributed by atoms with van der Waals surface area (Å²) in [6, 6.07) is 4.46. The largest absolute Gasteiger partial charge is 0.507 e. The third-order valence-electron chi connectivity index (χ3n) is 1.66. The molecule has 0 fully saturated rings. The molecule has 0 atom stereocenters. The van der Waals surface area contributed by atoms with E-state index in [4.69, 9.17) is 11.6 Å². The number of aromatic nitrogens is 2. The first kappa shape index (κ1) is 8.83. The maximum absolute atomic E-state index is 10.6. The summed E-state index contributed by atoms with van der Waals surface area (Å²) >= 11 is 5.63. The first-order valence-corrected chi connectivity index (χ1v) is 4.09. The molecule has 2 N–H and O–H groups in total. The summed E-state index contributed by atoms with van der Waals surface area (Å²) in [6.45, 7) is 0. The number of aromatic amines is 1. The molecule has 72 valence electrons. The number of halogens is 1. The van der Waals surface area contributed by atoms with Crippen LogP contribution >= 0.6 is 11.6 Å². The molecule has 2 aromatic rings. The quantitative estimate of drug-likeness (QED) is 0.749. The van der Waals surface area contributed by atoms with E-state index in [1.165, 1.54) is 12.1 Å². The van der Waals surface area contributed by atoms with Gasteiger partial charge in [0.05, 0.1) is 5.56 Å². The monoisotopic (exact) mass is 212 g/mol. The van der Waals surface area contributed by atoms with Crippen molar-refractivity contribution in [3.63, 3.8) is 0 Å². The minimum Gasteiger partial charge on any atom is -0.507 e. The minimum absolute atomic E-state index is 0.0675. The highest BCUT2D eigenvalue weighted by atomic mass is 35.5. The highest BCUT2D eigenvalue weighted by Crippen LogP contribution is 2.28. The maximum atomic E-state index is 10.6. The number of phenolic OH excluding ortho intramolecular Hbond substituents is 1. The van der Waals surface area contributed by atoms with E-state index < -0.39 is 5.76 Å². The number of phenols is 1. The van der Waals surface area contributed by atoms with Gasteiger partial charge in [-0.3, -0.25) is 9.51 Å². The van der Waals surface area contributed by atoms with Gasteiger partial charge in [-0.05, 0) is 18.2 Å². The van der Waals surface area contributed by atoms with Crippen LogP contribution in [0.2, 0.25) is 5.02 Å². The number of hydrogen-bond acceptors (Lipinski definition) is 4. The lowest BCUT2D eigenvalue weighted by molar-refractivity contribution is 0.387. The van der Waals surface area contributed by atoms with Gasteiger partial charge in [0.1, 0.15) is 5.75 Å². The molecule has 2 rings (SSSR count). The Kier molecular flexibility index (Phi) is 2.01. The maximum Gasteiger partial charge on any atom is 0.439 e. The van der Waals surface area contributed by atoms with Crippen LogP contribution in [-0.2, 0) is 0 Å². The molecular formula is C8H5ClN2O3. The summed E-state index contributed by atoms with van der Waals surface area (Å²) in [5.41, 5.74) is 0.361. The number of H-pyrrole nitrogens is 1. The predicted molar refractivity (Wildman–Crippen MR) is 49.2 cm³/mol. The second-order valence-electron chi connectivity index (χ2n) is 2.61. The van der Waals surface area contributed by atoms with Crippen LogP contribution in [0.5, 0.6) is 5.75 Å². The van der Waals surface area contributed by atoms with Gasteiger partial charge in [0.15, 0.2) is 5.82 Å². The highest BCUT2D eigenvalue weighted by Gasteiger charge is 2.09. The van der Waals surface area contributed by atoms with Crippen molar-refractivity contribution in [3.05, 3.63) is 33.8 Å². The Bertz CT molecular complexity index is 517. The second kappa shape index (κ2) is 3.19. The fourth-order valence-corrected chi connectivity index (χ4v) is 1.22. The fraction of sp³-hybridized carbons (Fsp3) is 0. The van der Waals surface area contributed by atoms with Crippen LogP contribution in [-0.4, -0.2) is 15.2 Å². The molecule has 0 unspecified atom stereocenters. The SMILES string of the molecule is O=c1[nH]c(-c2ccc(Cl)cc2O)no1. The van der Waals surface area contributed by atoms with E-state index in [2.05, 4.69) is 14.7 Å². The summed E-state index contributed by atoms with van der Waals surface area (Å²) in [7, 11) is 0. The topological polar surface area (TPSA) is 79.1 Å². The van der Waals surface area contributed by atoms with Gasteiger partial charge in [-0.15, -0.1) is 0 Å². The molecule has 14 heavy (non-hydrogen) atoms. The van der Waals surface area contributed by atoms with Crippen molar-refractivity contribution in [1.29, 1.82) is 0 Å². The van der Waals surface area contributed by atoms with Gasteiger partial charge >= 0.3 is 5.76 Å². The van der Waals surface area contributed by atoms with Gasteiger partial charge in [0, 0.05) is 5.02 Å². The first-order valence-electron chi connectivity index (χ1n) is 3.72. The van der Waals surface area contributed by atoms with E-state index >= 15 is 0 Å². The zero-order valence-electron chi connectivity index (χ0n) is 6.82. The van der Waals surface area contributed by atoms with Gasteiger partial charge in [-0.25, -0.2) is 4.79 Å². The van der Waals surface area contributed by atoms with Crippen molar-refractivity contribution in [2.24, 2.45) is 0 Å². The Balaban J connectivity index is 2.57. The molecule has 0 amide bonds. The van der Waals surface area contributed by atoms with Crippen molar-refractivity contribution < 1.29 is 9.63 Å². The zero-order valence-corrected chi connectivity index (χ0v) is 7.58. The lowest BCUT2D eigenvalue weighted by atomic mass is 10.2. The molecule has 5 nitrogen and oxygen atoms in total. The van der Waals surface area contributed by atoms with Crippen molar-refractivity contribution in [2.75, 3.05) is 0 Å². The molecule has 0 aliphatic carbocycles. The second-order valence-corrected chi connectivity index (χ2v) is 3.04. The van der Waals surface area contributed by atoms with Gasteiger partial charge < -0.3 is 5.11 Å². The van der Waals surface area contributed by atoms with E-state index in [0.717, 1.165) is 0 Å². The molecule has 0 saturated carbocycles. The lowest BCUT2D eigenvalue weighted by Gasteiger charge is -1.99. The standard InChI is InChI=1S/C8H5ClN2O3/c9-4-1-2-5(6(12)3-4)7-10-8(13)14-11-7/h1-3,12H,(H,10,11,13). The van der Waals surface area contributed by atoms with Crippen molar-refractivity contribution in [3.8, 4) is 17.1 Å². The number of nitrogens with one attached hydrogen (secondary N) is 1. The summed E-state index contributed by atoms with van der Waals surface area (Å²) < 4.78 is 4.30. The fourth-order valence-electron chi connectivity index (χ4n) is 1.05. The van der Waals surface area contributed by atoms with E-state index in [-0.39, 0.29) is 11.6 Å². The number of aromatic hydroxyl groups is 1. The highest BCUT2D eigenvalue weighted by molar-refractivity contribution is 6.30. The van der Waals surface area contributed by atoms with Crippen LogP contribution < -0.4 is 5.76 Å². The number of rotatable bonds is 1. The molecule has 1 aromatic heterocycles. The third kappa shape index (κ3) is 1.49. The molecule has 0 aliphatic heterocycles. The van der Waals surface area contributed by atoms with Crippen LogP contribution in [0.1, 0.15) is 0 Å². The van der Waals surface area contributed by atoms with E-state index in [0.29, 0.717) is 10.6 Å². The summed E-state index contributed by atoms with van der Waals surface area (Å²) in [5.74, 6) is -0.569. The van der Waals surface area contributed by atoms with E-state index in [1.807, 2.05) is 0 Å². The van der Waals surface area contributed by atoms with E-state index in [9.17, 15) is 9.90 Å². The van der Waals surface area contributed by atoms with Crippen LogP contribution in [0.4, 0.5) is 0 Å². The number of nitrogens with zero attached hydrogens (tertiary/aromatic N) is 1. The smallest absolute Gasteiger partial charge is 0.439 e. The molecule has 0 saturated heterocycles. The average Bonchev–Trinajstić information content (AvgIpc) is 2.51. The molecule has 0 bridgehead atoms. The van der Waals surface area contributed by atoms with Crippen molar-refractivity contribution >= 4 is 11.6 Å². The summed E-state index contributed by atoms with van der Waals surface area (Å²) in [6.07, 6.45) is 0. The molecule has 1 aromatic carbocycles. The Labute approximate surface area is 82.9 Å². The number of hydrogen-bond donors (Lipinski definition) is 2. The Morgan fingerprint density at radius 3 is 2.86 bits per heavy atom. The minimum atomic E-state index is -0.672. The summed E-state index contributed by atoms with van der Waals surface area (Å²) in [5, 5.41) is 13.3. The number of benzene rings is 1. The molecule has 6 heteroatoms. The van der Waals surface area contributed by atoms with Crippen LogP contribution in [0, 0.1) is 0 Å². The third-order valence-corrected chi connectivity index (χ3v) is 1.89. The lowest BCUT2D eigenvalue weighted by Crippen LogP contribution is -1.94. The Morgan fingerprint density at radius 1 is 1.50 bits per heavy atom. The average molecular weight is 213 g/mol. The van der Waals surface area contributed by atoms with Crippen LogP contribution in [0.15, 0.2) is 27.5 Å². The van der Waals surface area contributed by atoms with Gasteiger partial charge in [-0.1, -0.05) is 16.8 Å². The van der Waals surface area contributed by atoms with E-state index in [1.54, 1.807) is 6.07 Å². The Morgan fingerprint density at radius 2 is 2.29 bits per heavy atom. The normalized spacial score (nSPS) is 10.4. The molecule has 0 spiro atoms. The van der Waals surface area contributed by atoms with Gasteiger partial charge in [-0.2, -0.15) is 0 Å². The Hall–Kier alpha value is -1.75. The first-order chi connectivity index (χ1) is 6.66. The molecule has 0 aliphatic rings. The summed E-state index contributed by atoms with van der Waals surface area (Å²) in [4.78, 5) is 13.0. The van der Waals surface area contributed by atoms with Crippen LogP contribution in [0.3, 0.4) is 0 Å². The van der Waals surface area contributed by atoms with Crippen molar-refractivity contribution in [1.82, 2.24) is 10.1 Å². The predicted octanol–water partition coefficient (Wildman–Crippen LogP) is 1.39. The van der Waals surface area contributed by atoms with Crippen LogP contribution in [0.25, 0.3) is 11.4 Å².